The van der Waals surface area contributed by atoms with Crippen molar-refractivity contribution in [3.8, 4) is 0 Å². The molecule has 0 bridgehead atoms. The van der Waals surface area contributed by atoms with E-state index in [1.165, 1.54) is 0 Å². The maximum absolute atomic E-state index is 11.5. The normalized spacial score (nSPS) is 13.6. The lowest BCUT2D eigenvalue weighted by Gasteiger charge is -2.22. The van der Waals surface area contributed by atoms with Crippen molar-refractivity contribution in [1.29, 1.82) is 0 Å². The number of carbonyl (C=O) groups excluding carboxylic acids is 1. The zero-order valence-electron chi connectivity index (χ0n) is 10.6. The Labute approximate surface area is 96.6 Å². The third-order valence-corrected chi connectivity index (χ3v) is 2.03. The van der Waals surface area contributed by atoms with Gasteiger partial charge in [0.15, 0.2) is 0 Å². The monoisotopic (exact) mass is 230 g/mol. The summed E-state index contributed by atoms with van der Waals surface area (Å²) in [6.45, 7) is 9.47. The zero-order valence-corrected chi connectivity index (χ0v) is 10.6. The maximum Gasteiger partial charge on any atom is 0.326 e. The highest BCUT2D eigenvalue weighted by atomic mass is 16.4. The van der Waals surface area contributed by atoms with Crippen LogP contribution in [-0.4, -0.2) is 35.1 Å². The summed E-state index contributed by atoms with van der Waals surface area (Å²) in [6.07, 6.45) is 0. The minimum Gasteiger partial charge on any atom is -0.480 e. The Morgan fingerprint density at radius 1 is 1.25 bits per heavy atom. The second-order valence-electron chi connectivity index (χ2n) is 5.23. The van der Waals surface area contributed by atoms with E-state index >= 15 is 0 Å². The predicted octanol–water partition coefficient (Wildman–Crippen LogP) is 0.600. The van der Waals surface area contributed by atoms with Crippen molar-refractivity contribution >= 4 is 11.9 Å². The van der Waals surface area contributed by atoms with Gasteiger partial charge in [-0.15, -0.1) is 0 Å². The maximum atomic E-state index is 11.5. The molecule has 0 heterocycles. The fraction of sp³-hybridized carbons (Fsp3) is 0.818. The van der Waals surface area contributed by atoms with E-state index in [9.17, 15) is 9.59 Å². The third-order valence-electron chi connectivity index (χ3n) is 2.03. The van der Waals surface area contributed by atoms with E-state index in [-0.39, 0.29) is 23.9 Å². The summed E-state index contributed by atoms with van der Waals surface area (Å²) in [5, 5.41) is 14.4. The first kappa shape index (κ1) is 14.9. The van der Waals surface area contributed by atoms with Crippen LogP contribution in [0.1, 0.15) is 34.6 Å². The van der Waals surface area contributed by atoms with Gasteiger partial charge in [0.2, 0.25) is 5.91 Å². The molecule has 0 aromatic carbocycles. The molecule has 0 aliphatic carbocycles. The van der Waals surface area contributed by atoms with Gasteiger partial charge in [-0.1, -0.05) is 13.8 Å². The van der Waals surface area contributed by atoms with Crippen molar-refractivity contribution < 1.29 is 14.7 Å². The molecule has 1 atom stereocenters. The quantitative estimate of drug-likeness (QED) is 0.646. The van der Waals surface area contributed by atoms with E-state index < -0.39 is 12.0 Å². The summed E-state index contributed by atoms with van der Waals surface area (Å²) in [7, 11) is 0. The molecule has 94 valence electrons. The van der Waals surface area contributed by atoms with Crippen LogP contribution in [0.3, 0.4) is 0 Å². The van der Waals surface area contributed by atoms with Gasteiger partial charge in [0.1, 0.15) is 6.04 Å². The molecule has 0 aromatic rings. The van der Waals surface area contributed by atoms with Gasteiger partial charge in [-0.05, 0) is 26.7 Å². The Morgan fingerprint density at radius 2 is 1.75 bits per heavy atom. The van der Waals surface area contributed by atoms with Crippen LogP contribution in [-0.2, 0) is 9.59 Å². The molecule has 0 saturated heterocycles. The molecule has 0 rings (SSSR count). The second-order valence-corrected chi connectivity index (χ2v) is 5.23. The lowest BCUT2D eigenvalue weighted by atomic mass is 10.0. The third kappa shape index (κ3) is 6.40. The Bertz CT molecular complexity index is 256. The van der Waals surface area contributed by atoms with Gasteiger partial charge in [0.25, 0.3) is 0 Å². The molecule has 0 aliphatic rings. The van der Waals surface area contributed by atoms with Gasteiger partial charge in [-0.3, -0.25) is 4.79 Å². The lowest BCUT2D eigenvalue weighted by Crippen LogP contribution is -2.49. The number of rotatable bonds is 5. The Morgan fingerprint density at radius 3 is 2.06 bits per heavy atom. The predicted molar refractivity (Wildman–Crippen MR) is 62.2 cm³/mol. The number of nitrogens with one attached hydrogen (secondary N) is 2. The molecule has 1 amide bonds. The van der Waals surface area contributed by atoms with Crippen LogP contribution in [0, 0.1) is 5.92 Å². The first-order valence-electron chi connectivity index (χ1n) is 5.40. The molecular formula is C11H22N2O3. The minimum absolute atomic E-state index is 0.125. The first-order chi connectivity index (χ1) is 7.13. The standard InChI is InChI=1S/C11H22N2O3/c1-7(2)9(10(15)16)13-8(14)6-12-11(3,4)5/h7,9,12H,6H2,1-5H3,(H,13,14)(H,15,16)/t9-/m1/s1. The molecule has 0 aliphatic heterocycles. The fourth-order valence-electron chi connectivity index (χ4n) is 1.08. The van der Waals surface area contributed by atoms with Crippen LogP contribution in [0.2, 0.25) is 0 Å². The molecule has 16 heavy (non-hydrogen) atoms. The highest BCUT2D eigenvalue weighted by molar-refractivity contribution is 5.84. The first-order valence-corrected chi connectivity index (χ1v) is 5.40. The Kier molecular flexibility index (Phi) is 5.44. The summed E-state index contributed by atoms with van der Waals surface area (Å²) in [5.41, 5.74) is -0.159. The van der Waals surface area contributed by atoms with E-state index in [1.807, 2.05) is 20.8 Å². The highest BCUT2D eigenvalue weighted by Gasteiger charge is 2.23. The fourth-order valence-corrected chi connectivity index (χ4v) is 1.08. The highest BCUT2D eigenvalue weighted by Crippen LogP contribution is 2.02. The molecule has 5 heteroatoms. The van der Waals surface area contributed by atoms with Crippen molar-refractivity contribution in [3.05, 3.63) is 0 Å². The number of hydrogen-bond donors (Lipinski definition) is 3. The molecule has 0 unspecified atom stereocenters. The number of carboxylic acid groups (broad SMARTS) is 1. The van der Waals surface area contributed by atoms with E-state index in [4.69, 9.17) is 5.11 Å². The summed E-state index contributed by atoms with van der Waals surface area (Å²) in [6, 6.07) is -0.825. The number of carboxylic acids is 1. The summed E-state index contributed by atoms with van der Waals surface area (Å²) in [5.74, 6) is -1.42. The van der Waals surface area contributed by atoms with Crippen LogP contribution in [0.4, 0.5) is 0 Å². The Hall–Kier alpha value is -1.10. The summed E-state index contributed by atoms with van der Waals surface area (Å²) in [4.78, 5) is 22.3. The van der Waals surface area contributed by atoms with Crippen LogP contribution in [0.5, 0.6) is 0 Å². The van der Waals surface area contributed by atoms with E-state index in [2.05, 4.69) is 10.6 Å². The van der Waals surface area contributed by atoms with Gasteiger partial charge >= 0.3 is 5.97 Å². The minimum atomic E-state index is -1.00. The van der Waals surface area contributed by atoms with Gasteiger partial charge in [0.05, 0.1) is 6.54 Å². The number of aliphatic carboxylic acids is 1. The molecule has 0 saturated carbocycles. The van der Waals surface area contributed by atoms with Crippen molar-refractivity contribution in [2.45, 2.75) is 46.2 Å². The SMILES string of the molecule is CC(C)[C@@H](NC(=O)CNC(C)(C)C)C(=O)O. The lowest BCUT2D eigenvalue weighted by molar-refractivity contribution is -0.143. The van der Waals surface area contributed by atoms with E-state index in [0.29, 0.717) is 0 Å². The number of hydrogen-bond acceptors (Lipinski definition) is 3. The van der Waals surface area contributed by atoms with Crippen molar-refractivity contribution in [3.63, 3.8) is 0 Å². The zero-order chi connectivity index (χ0) is 12.9. The van der Waals surface area contributed by atoms with Gasteiger partial charge in [0, 0.05) is 5.54 Å². The van der Waals surface area contributed by atoms with Gasteiger partial charge in [-0.2, -0.15) is 0 Å². The number of amides is 1. The molecule has 5 nitrogen and oxygen atoms in total. The average molecular weight is 230 g/mol. The molecule has 0 spiro atoms. The van der Waals surface area contributed by atoms with Gasteiger partial charge < -0.3 is 15.7 Å². The molecule has 3 N–H and O–H groups in total. The second kappa shape index (κ2) is 5.84. The largest absolute Gasteiger partial charge is 0.480 e. The van der Waals surface area contributed by atoms with Crippen LogP contribution in [0.25, 0.3) is 0 Å². The summed E-state index contributed by atoms with van der Waals surface area (Å²) >= 11 is 0. The summed E-state index contributed by atoms with van der Waals surface area (Å²) < 4.78 is 0. The molecule has 0 radical (unpaired) electrons. The molecular weight excluding hydrogens is 208 g/mol. The van der Waals surface area contributed by atoms with Crippen LogP contribution < -0.4 is 10.6 Å². The van der Waals surface area contributed by atoms with Crippen molar-refractivity contribution in [2.75, 3.05) is 6.54 Å². The Balaban J connectivity index is 4.17. The number of carbonyl (C=O) groups is 2. The smallest absolute Gasteiger partial charge is 0.326 e. The van der Waals surface area contributed by atoms with Crippen LogP contribution >= 0.6 is 0 Å². The molecule has 0 fully saturated rings. The average Bonchev–Trinajstić information content (AvgIpc) is 2.08. The van der Waals surface area contributed by atoms with Crippen molar-refractivity contribution in [1.82, 2.24) is 10.6 Å². The molecule has 0 aromatic heterocycles. The van der Waals surface area contributed by atoms with E-state index in [1.54, 1.807) is 13.8 Å². The van der Waals surface area contributed by atoms with Gasteiger partial charge in [-0.25, -0.2) is 4.79 Å². The van der Waals surface area contributed by atoms with E-state index in [0.717, 1.165) is 0 Å². The van der Waals surface area contributed by atoms with Crippen molar-refractivity contribution in [2.24, 2.45) is 5.92 Å². The van der Waals surface area contributed by atoms with Crippen LogP contribution in [0.15, 0.2) is 0 Å². The topological polar surface area (TPSA) is 78.4 Å².